The minimum atomic E-state index is -4.80. The lowest BCUT2D eigenvalue weighted by Crippen LogP contribution is -2.20. The van der Waals surface area contributed by atoms with Crippen molar-refractivity contribution in [2.24, 2.45) is 0 Å². The van der Waals surface area contributed by atoms with Crippen LogP contribution in [0.5, 0.6) is 0 Å². The lowest BCUT2D eigenvalue weighted by atomic mass is 10.1. The molecule has 0 spiro atoms. The summed E-state index contributed by atoms with van der Waals surface area (Å²) >= 11 is 5.81. The van der Waals surface area contributed by atoms with Gasteiger partial charge in [-0.2, -0.15) is 18.3 Å². The summed E-state index contributed by atoms with van der Waals surface area (Å²) in [7, 11) is 0. The van der Waals surface area contributed by atoms with Crippen LogP contribution in [0, 0.1) is 0 Å². The van der Waals surface area contributed by atoms with Gasteiger partial charge in [-0.25, -0.2) is 4.68 Å². The second kappa shape index (κ2) is 8.23. The Morgan fingerprint density at radius 2 is 1.68 bits per heavy atom. The van der Waals surface area contributed by atoms with Gasteiger partial charge in [0.15, 0.2) is 5.69 Å². The minimum absolute atomic E-state index is 0.135. The van der Waals surface area contributed by atoms with Crippen molar-refractivity contribution in [3.8, 4) is 16.8 Å². The van der Waals surface area contributed by atoms with Gasteiger partial charge < -0.3 is 5.32 Å². The fraction of sp³-hybridized carbons (Fsp3) is 0.0455. The summed E-state index contributed by atoms with van der Waals surface area (Å²) in [5.74, 6) is -0.917. The zero-order valence-electron chi connectivity index (χ0n) is 15.8. The highest BCUT2D eigenvalue weighted by Gasteiger charge is 2.40. The molecule has 2 aromatic carbocycles. The number of carbonyl (C=O) groups is 1. The molecule has 0 fully saturated rings. The second-order valence-electron chi connectivity index (χ2n) is 6.56. The molecule has 0 atom stereocenters. The Morgan fingerprint density at radius 3 is 2.35 bits per heavy atom. The van der Waals surface area contributed by atoms with Gasteiger partial charge in [-0.1, -0.05) is 23.7 Å². The van der Waals surface area contributed by atoms with Crippen LogP contribution in [0.25, 0.3) is 16.8 Å². The van der Waals surface area contributed by atoms with Gasteiger partial charge in [0.2, 0.25) is 0 Å². The van der Waals surface area contributed by atoms with Crippen molar-refractivity contribution in [2.75, 3.05) is 5.32 Å². The van der Waals surface area contributed by atoms with E-state index in [0.717, 1.165) is 17.3 Å². The van der Waals surface area contributed by atoms with E-state index in [-0.39, 0.29) is 5.69 Å². The van der Waals surface area contributed by atoms with E-state index in [1.807, 2.05) is 6.07 Å². The first-order valence-electron chi connectivity index (χ1n) is 9.06. The smallest absolute Gasteiger partial charge is 0.322 e. The van der Waals surface area contributed by atoms with Crippen LogP contribution in [0.15, 0.2) is 79.3 Å². The summed E-state index contributed by atoms with van der Waals surface area (Å²) < 4.78 is 42.1. The fourth-order valence-corrected chi connectivity index (χ4v) is 3.21. The molecule has 9 heteroatoms. The number of carbonyl (C=O) groups excluding carboxylic acids is 1. The molecule has 0 saturated heterocycles. The molecule has 0 saturated carbocycles. The van der Waals surface area contributed by atoms with Crippen LogP contribution in [-0.4, -0.2) is 20.7 Å². The summed E-state index contributed by atoms with van der Waals surface area (Å²) in [6, 6.07) is 16.1. The first-order chi connectivity index (χ1) is 14.8. The number of nitrogens with zero attached hydrogens (tertiary/aromatic N) is 3. The largest absolute Gasteiger partial charge is 0.434 e. The van der Waals surface area contributed by atoms with E-state index >= 15 is 0 Å². The minimum Gasteiger partial charge on any atom is -0.322 e. The first-order valence-corrected chi connectivity index (χ1v) is 9.44. The summed E-state index contributed by atoms with van der Waals surface area (Å²) in [6.45, 7) is 0. The standard InChI is InChI=1S/C22H14ClF3N4O/c23-16-4-6-18(7-5-16)30-20(22(24,25)26)19(13-28-30)21(31)29-17-3-1-2-15(12-17)14-8-10-27-11-9-14/h1-13H,(H,29,31). The summed E-state index contributed by atoms with van der Waals surface area (Å²) in [6.07, 6.45) is -0.649. The molecule has 0 radical (unpaired) electrons. The molecule has 0 unspecified atom stereocenters. The maximum absolute atomic E-state index is 13.8. The summed E-state index contributed by atoms with van der Waals surface area (Å²) in [5.41, 5.74) is 0.377. The highest BCUT2D eigenvalue weighted by Crippen LogP contribution is 2.34. The van der Waals surface area contributed by atoms with Crippen molar-refractivity contribution in [1.29, 1.82) is 0 Å². The third-order valence-electron chi connectivity index (χ3n) is 4.49. The number of alkyl halides is 3. The normalized spacial score (nSPS) is 11.4. The number of pyridine rings is 1. The van der Waals surface area contributed by atoms with Crippen molar-refractivity contribution in [3.05, 3.63) is 95.5 Å². The molecule has 4 aromatic rings. The molecule has 31 heavy (non-hydrogen) atoms. The topological polar surface area (TPSA) is 59.8 Å². The molecule has 2 heterocycles. The highest BCUT2D eigenvalue weighted by molar-refractivity contribution is 6.30. The molecule has 5 nitrogen and oxygen atoms in total. The molecule has 1 amide bonds. The predicted molar refractivity (Wildman–Crippen MR) is 111 cm³/mol. The summed E-state index contributed by atoms with van der Waals surface area (Å²) in [4.78, 5) is 16.7. The summed E-state index contributed by atoms with van der Waals surface area (Å²) in [5, 5.41) is 6.69. The molecule has 1 N–H and O–H groups in total. The number of benzene rings is 2. The SMILES string of the molecule is O=C(Nc1cccc(-c2ccncc2)c1)c1cnn(-c2ccc(Cl)cc2)c1C(F)(F)F. The third kappa shape index (κ3) is 4.44. The highest BCUT2D eigenvalue weighted by atomic mass is 35.5. The number of amides is 1. The lowest BCUT2D eigenvalue weighted by Gasteiger charge is -2.13. The van der Waals surface area contributed by atoms with Gasteiger partial charge in [-0.3, -0.25) is 9.78 Å². The van der Waals surface area contributed by atoms with Crippen molar-refractivity contribution in [3.63, 3.8) is 0 Å². The number of anilines is 1. The van der Waals surface area contributed by atoms with E-state index in [2.05, 4.69) is 15.4 Å². The number of nitrogens with one attached hydrogen (secondary N) is 1. The Labute approximate surface area is 180 Å². The van der Waals surface area contributed by atoms with Gasteiger partial charge >= 0.3 is 6.18 Å². The molecular formula is C22H14ClF3N4O. The molecule has 156 valence electrons. The van der Waals surface area contributed by atoms with E-state index in [4.69, 9.17) is 11.6 Å². The van der Waals surface area contributed by atoms with Crippen LogP contribution in [-0.2, 0) is 6.18 Å². The van der Waals surface area contributed by atoms with Crippen LogP contribution in [0.2, 0.25) is 5.02 Å². The molecule has 0 aliphatic carbocycles. The maximum Gasteiger partial charge on any atom is 0.434 e. The van der Waals surface area contributed by atoms with Crippen LogP contribution in [0.3, 0.4) is 0 Å². The van der Waals surface area contributed by atoms with Gasteiger partial charge in [-0.15, -0.1) is 0 Å². The Bertz CT molecular complexity index is 1220. The zero-order chi connectivity index (χ0) is 22.0. The monoisotopic (exact) mass is 442 g/mol. The van der Waals surface area contributed by atoms with Crippen molar-refractivity contribution in [1.82, 2.24) is 14.8 Å². The maximum atomic E-state index is 13.8. The Morgan fingerprint density at radius 1 is 0.968 bits per heavy atom. The average Bonchev–Trinajstić information content (AvgIpc) is 3.21. The van der Waals surface area contributed by atoms with Gasteiger partial charge in [0.05, 0.1) is 17.4 Å². The molecular weight excluding hydrogens is 429 g/mol. The average molecular weight is 443 g/mol. The fourth-order valence-electron chi connectivity index (χ4n) is 3.08. The molecule has 2 aromatic heterocycles. The van der Waals surface area contributed by atoms with E-state index in [1.165, 1.54) is 24.3 Å². The molecule has 0 bridgehead atoms. The predicted octanol–water partition coefficient (Wildman–Crippen LogP) is 5.86. The number of aromatic nitrogens is 3. The van der Waals surface area contributed by atoms with E-state index in [0.29, 0.717) is 15.4 Å². The molecule has 0 aliphatic rings. The van der Waals surface area contributed by atoms with Crippen molar-refractivity contribution in [2.45, 2.75) is 6.18 Å². The number of halogens is 4. The zero-order valence-corrected chi connectivity index (χ0v) is 16.5. The quantitative estimate of drug-likeness (QED) is 0.430. The van der Waals surface area contributed by atoms with Crippen LogP contribution < -0.4 is 5.32 Å². The van der Waals surface area contributed by atoms with Crippen molar-refractivity contribution >= 4 is 23.2 Å². The third-order valence-corrected chi connectivity index (χ3v) is 4.74. The van der Waals surface area contributed by atoms with E-state index in [9.17, 15) is 18.0 Å². The Hall–Kier alpha value is -3.65. The second-order valence-corrected chi connectivity index (χ2v) is 7.00. The number of rotatable bonds is 4. The molecule has 4 rings (SSSR count). The van der Waals surface area contributed by atoms with Gasteiger partial charge in [0.1, 0.15) is 0 Å². The lowest BCUT2D eigenvalue weighted by molar-refractivity contribution is -0.143. The van der Waals surface area contributed by atoms with Crippen LogP contribution >= 0.6 is 11.6 Å². The number of hydrogen-bond donors (Lipinski definition) is 1. The number of hydrogen-bond acceptors (Lipinski definition) is 3. The Balaban J connectivity index is 1.67. The van der Waals surface area contributed by atoms with Gasteiger partial charge in [-0.05, 0) is 59.7 Å². The van der Waals surface area contributed by atoms with Gasteiger partial charge in [0, 0.05) is 23.1 Å². The van der Waals surface area contributed by atoms with Crippen molar-refractivity contribution < 1.29 is 18.0 Å². The molecule has 0 aliphatic heterocycles. The van der Waals surface area contributed by atoms with E-state index in [1.54, 1.807) is 42.7 Å². The van der Waals surface area contributed by atoms with Crippen LogP contribution in [0.4, 0.5) is 18.9 Å². The Kier molecular flexibility index (Phi) is 5.48. The first kappa shape index (κ1) is 20.6. The van der Waals surface area contributed by atoms with E-state index < -0.39 is 23.3 Å². The van der Waals surface area contributed by atoms with Crippen LogP contribution in [0.1, 0.15) is 16.1 Å². The van der Waals surface area contributed by atoms with Gasteiger partial charge in [0.25, 0.3) is 5.91 Å².